The van der Waals surface area contributed by atoms with E-state index in [1.54, 1.807) is 18.2 Å². The Bertz CT molecular complexity index is 369. The number of unbranched alkanes of at least 4 members (excludes halogenated alkanes) is 1. The van der Waals surface area contributed by atoms with E-state index in [-0.39, 0.29) is 0 Å². The molecule has 0 spiro atoms. The summed E-state index contributed by atoms with van der Waals surface area (Å²) in [6, 6.07) is 0. The first-order valence-corrected chi connectivity index (χ1v) is 6.32. The Labute approximate surface area is 110 Å². The second-order valence-electron chi connectivity index (χ2n) is 3.72. The van der Waals surface area contributed by atoms with Crippen LogP contribution in [0.25, 0.3) is 0 Å². The lowest BCUT2D eigenvalue weighted by molar-refractivity contribution is -0.132. The van der Waals surface area contributed by atoms with Crippen molar-refractivity contribution in [2.45, 2.75) is 33.1 Å². The van der Waals surface area contributed by atoms with Crippen LogP contribution in [0.1, 0.15) is 33.1 Å². The van der Waals surface area contributed by atoms with E-state index < -0.39 is 5.97 Å². The number of hydrogen-bond donors (Lipinski definition) is 1. The van der Waals surface area contributed by atoms with Crippen LogP contribution in [0.15, 0.2) is 60.3 Å². The van der Waals surface area contributed by atoms with Crippen LogP contribution in [-0.2, 0) is 4.79 Å². The van der Waals surface area contributed by atoms with Gasteiger partial charge in [0.2, 0.25) is 0 Å². The number of carboxylic acids is 1. The minimum absolute atomic E-state index is 0.328. The summed E-state index contributed by atoms with van der Waals surface area (Å²) in [6.45, 7) is 4.06. The largest absolute Gasteiger partial charge is 0.478 e. The Balaban J connectivity index is 4.14. The molecule has 0 aliphatic carbocycles. The van der Waals surface area contributed by atoms with Gasteiger partial charge in [0, 0.05) is 0 Å². The molecule has 2 nitrogen and oxygen atoms in total. The fourth-order valence-corrected chi connectivity index (χ4v) is 1.20. The zero-order valence-electron chi connectivity index (χ0n) is 11.2. The first kappa shape index (κ1) is 16.2. The summed E-state index contributed by atoms with van der Waals surface area (Å²) in [5.41, 5.74) is 0.328. The van der Waals surface area contributed by atoms with Crippen molar-refractivity contribution >= 4 is 5.97 Å². The minimum atomic E-state index is -0.889. The Kier molecular flexibility index (Phi) is 10.5. The van der Waals surface area contributed by atoms with Crippen molar-refractivity contribution in [2.24, 2.45) is 0 Å². The maximum absolute atomic E-state index is 10.8. The van der Waals surface area contributed by atoms with Gasteiger partial charge in [-0.1, -0.05) is 68.9 Å². The van der Waals surface area contributed by atoms with E-state index in [9.17, 15) is 4.79 Å². The average molecular weight is 246 g/mol. The van der Waals surface area contributed by atoms with Crippen LogP contribution in [-0.4, -0.2) is 11.1 Å². The van der Waals surface area contributed by atoms with Crippen molar-refractivity contribution in [2.75, 3.05) is 0 Å². The van der Waals surface area contributed by atoms with Gasteiger partial charge in [0.1, 0.15) is 0 Å². The summed E-state index contributed by atoms with van der Waals surface area (Å²) < 4.78 is 0. The standard InChI is InChI=1S/C16H22O2/c1-3-5-6-7-8-9-10-11-12-14-15(13-4-2)16(17)18/h6-14H,3-5H2,1-2H3,(H,17,18). The molecule has 0 saturated carbocycles. The second kappa shape index (κ2) is 11.6. The molecule has 0 radical (unpaired) electrons. The second-order valence-corrected chi connectivity index (χ2v) is 3.72. The smallest absolute Gasteiger partial charge is 0.335 e. The quantitative estimate of drug-likeness (QED) is 0.508. The van der Waals surface area contributed by atoms with E-state index in [4.69, 9.17) is 5.11 Å². The van der Waals surface area contributed by atoms with Gasteiger partial charge in [-0.2, -0.15) is 0 Å². The fraction of sp³-hybridized carbons (Fsp3) is 0.312. The van der Waals surface area contributed by atoms with Gasteiger partial charge in [0.05, 0.1) is 5.57 Å². The monoisotopic (exact) mass is 246 g/mol. The van der Waals surface area contributed by atoms with Gasteiger partial charge in [-0.15, -0.1) is 0 Å². The molecule has 0 unspecified atom stereocenters. The van der Waals surface area contributed by atoms with E-state index in [0.29, 0.717) is 5.57 Å². The fourth-order valence-electron chi connectivity index (χ4n) is 1.20. The van der Waals surface area contributed by atoms with E-state index in [1.807, 2.05) is 37.3 Å². The van der Waals surface area contributed by atoms with Crippen molar-refractivity contribution in [3.05, 3.63) is 60.3 Å². The number of allylic oxidation sites excluding steroid dienone is 8. The molecule has 0 amide bonds. The topological polar surface area (TPSA) is 37.3 Å². The predicted molar refractivity (Wildman–Crippen MR) is 77.5 cm³/mol. The lowest BCUT2D eigenvalue weighted by Gasteiger charge is -1.91. The highest BCUT2D eigenvalue weighted by molar-refractivity contribution is 5.89. The maximum Gasteiger partial charge on any atom is 0.335 e. The summed E-state index contributed by atoms with van der Waals surface area (Å²) in [5, 5.41) is 8.86. The SMILES string of the molecule is CCC=C(C=CC=CC=CC=CCCC)C(=O)O. The van der Waals surface area contributed by atoms with Gasteiger partial charge in [-0.05, 0) is 18.9 Å². The predicted octanol–water partition coefficient (Wildman–Crippen LogP) is 4.43. The summed E-state index contributed by atoms with van der Waals surface area (Å²) >= 11 is 0. The third-order valence-electron chi connectivity index (χ3n) is 2.09. The molecule has 0 rings (SSSR count). The highest BCUT2D eigenvalue weighted by Gasteiger charge is 1.99. The third-order valence-corrected chi connectivity index (χ3v) is 2.09. The Morgan fingerprint density at radius 2 is 1.61 bits per heavy atom. The van der Waals surface area contributed by atoms with Gasteiger partial charge < -0.3 is 5.11 Å². The zero-order chi connectivity index (χ0) is 13.6. The van der Waals surface area contributed by atoms with Crippen LogP contribution < -0.4 is 0 Å². The van der Waals surface area contributed by atoms with E-state index in [0.717, 1.165) is 19.3 Å². The van der Waals surface area contributed by atoms with Gasteiger partial charge in [0.25, 0.3) is 0 Å². The summed E-state index contributed by atoms with van der Waals surface area (Å²) in [4.78, 5) is 10.8. The summed E-state index contributed by atoms with van der Waals surface area (Å²) in [7, 11) is 0. The highest BCUT2D eigenvalue weighted by atomic mass is 16.4. The molecule has 2 heteroatoms. The molecule has 0 saturated heterocycles. The third kappa shape index (κ3) is 9.40. The number of hydrogen-bond acceptors (Lipinski definition) is 1. The first-order chi connectivity index (χ1) is 8.72. The molecule has 98 valence electrons. The molecule has 0 aliphatic rings. The van der Waals surface area contributed by atoms with Gasteiger partial charge in [0.15, 0.2) is 0 Å². The normalized spacial score (nSPS) is 13.6. The molecule has 0 aromatic carbocycles. The zero-order valence-corrected chi connectivity index (χ0v) is 11.2. The number of carbonyl (C=O) groups is 1. The molecular weight excluding hydrogens is 224 g/mol. The molecule has 18 heavy (non-hydrogen) atoms. The first-order valence-electron chi connectivity index (χ1n) is 6.32. The molecule has 0 aromatic rings. The molecule has 0 heterocycles. The number of aliphatic carboxylic acids is 1. The number of rotatable bonds is 8. The molecule has 0 atom stereocenters. The number of carboxylic acid groups (broad SMARTS) is 1. The molecule has 1 N–H and O–H groups in total. The maximum atomic E-state index is 10.8. The van der Waals surface area contributed by atoms with Crippen LogP contribution in [0.3, 0.4) is 0 Å². The Hall–Kier alpha value is -1.83. The molecule has 0 bridgehead atoms. The van der Waals surface area contributed by atoms with Crippen molar-refractivity contribution in [3.8, 4) is 0 Å². The Morgan fingerprint density at radius 1 is 1.00 bits per heavy atom. The van der Waals surface area contributed by atoms with E-state index in [2.05, 4.69) is 13.0 Å². The van der Waals surface area contributed by atoms with Crippen molar-refractivity contribution in [1.82, 2.24) is 0 Å². The van der Waals surface area contributed by atoms with Crippen LogP contribution in [0.5, 0.6) is 0 Å². The lowest BCUT2D eigenvalue weighted by atomic mass is 10.2. The van der Waals surface area contributed by atoms with Gasteiger partial charge >= 0.3 is 5.97 Å². The molecular formula is C16H22O2. The molecule has 0 aromatic heterocycles. The van der Waals surface area contributed by atoms with Crippen LogP contribution >= 0.6 is 0 Å². The highest BCUT2D eigenvalue weighted by Crippen LogP contribution is 1.99. The average Bonchev–Trinajstić information content (AvgIpc) is 2.35. The molecule has 0 aliphatic heterocycles. The van der Waals surface area contributed by atoms with Crippen LogP contribution in [0.4, 0.5) is 0 Å². The van der Waals surface area contributed by atoms with Gasteiger partial charge in [-0.25, -0.2) is 4.79 Å². The van der Waals surface area contributed by atoms with Crippen LogP contribution in [0, 0.1) is 0 Å². The van der Waals surface area contributed by atoms with Crippen molar-refractivity contribution in [3.63, 3.8) is 0 Å². The molecule has 0 fully saturated rings. The van der Waals surface area contributed by atoms with E-state index in [1.165, 1.54) is 0 Å². The van der Waals surface area contributed by atoms with E-state index >= 15 is 0 Å². The summed E-state index contributed by atoms with van der Waals surface area (Å²) in [6.07, 6.45) is 19.7. The van der Waals surface area contributed by atoms with Crippen molar-refractivity contribution in [1.29, 1.82) is 0 Å². The Morgan fingerprint density at radius 3 is 2.17 bits per heavy atom. The summed E-state index contributed by atoms with van der Waals surface area (Å²) in [5.74, 6) is -0.889. The van der Waals surface area contributed by atoms with Gasteiger partial charge in [-0.3, -0.25) is 0 Å². The van der Waals surface area contributed by atoms with Crippen LogP contribution in [0.2, 0.25) is 0 Å². The minimum Gasteiger partial charge on any atom is -0.478 e. The van der Waals surface area contributed by atoms with Crippen molar-refractivity contribution < 1.29 is 9.90 Å². The lowest BCUT2D eigenvalue weighted by Crippen LogP contribution is -1.96.